The second-order valence-corrected chi connectivity index (χ2v) is 14.2. The first-order valence-corrected chi connectivity index (χ1v) is 15.0. The Labute approximate surface area is 205 Å². The first kappa shape index (κ1) is 26.4. The zero-order valence-corrected chi connectivity index (χ0v) is 21.9. The molecule has 1 amide bonds. The third kappa shape index (κ3) is 4.94. The summed E-state index contributed by atoms with van der Waals surface area (Å²) in [6, 6.07) is 0. The maximum Gasteiger partial charge on any atom is 0.266 e. The van der Waals surface area contributed by atoms with Crippen molar-refractivity contribution in [1.29, 1.82) is 0 Å². The van der Waals surface area contributed by atoms with Gasteiger partial charge in [-0.15, -0.1) is 0 Å². The van der Waals surface area contributed by atoms with Gasteiger partial charge in [0.25, 0.3) is 10.1 Å². The number of carbonyl (C=O) groups excluding carboxylic acids is 1. The van der Waals surface area contributed by atoms with E-state index in [-0.39, 0.29) is 41.4 Å². The smallest absolute Gasteiger partial charge is 0.266 e. The van der Waals surface area contributed by atoms with Crippen LogP contribution in [0.5, 0.6) is 0 Å². The Morgan fingerprint density at radius 3 is 2.38 bits per heavy atom. The SMILES string of the molecule is CC(CCC(=O)NCCS(=O)(=O)O)C1CCC2C3C[C@H](O)C4C[C@H](O)CC[C@]4(C)C3CC[C@]12C. The van der Waals surface area contributed by atoms with Crippen LogP contribution in [-0.2, 0) is 14.9 Å². The third-order valence-corrected chi connectivity index (χ3v) is 11.6. The predicted molar refractivity (Wildman–Crippen MR) is 130 cm³/mol. The van der Waals surface area contributed by atoms with Crippen LogP contribution in [0.15, 0.2) is 0 Å². The molecule has 10 atom stereocenters. The summed E-state index contributed by atoms with van der Waals surface area (Å²) in [5.74, 6) is 2.36. The van der Waals surface area contributed by atoms with Crippen LogP contribution < -0.4 is 5.32 Å². The van der Waals surface area contributed by atoms with Crippen molar-refractivity contribution in [3.63, 3.8) is 0 Å². The van der Waals surface area contributed by atoms with E-state index in [1.165, 1.54) is 25.7 Å². The van der Waals surface area contributed by atoms with Crippen LogP contribution in [0.4, 0.5) is 0 Å². The molecule has 196 valence electrons. The Hall–Kier alpha value is -0.700. The van der Waals surface area contributed by atoms with Crippen molar-refractivity contribution in [2.45, 2.75) is 97.2 Å². The third-order valence-electron chi connectivity index (χ3n) is 10.9. The van der Waals surface area contributed by atoms with E-state index in [2.05, 4.69) is 26.1 Å². The number of fused-ring (bicyclic) bond motifs is 5. The van der Waals surface area contributed by atoms with E-state index in [9.17, 15) is 23.4 Å². The molecule has 7 nitrogen and oxygen atoms in total. The summed E-state index contributed by atoms with van der Waals surface area (Å²) in [7, 11) is -4.06. The zero-order valence-electron chi connectivity index (χ0n) is 21.1. The average Bonchev–Trinajstić information content (AvgIpc) is 3.10. The molecule has 0 radical (unpaired) electrons. The van der Waals surface area contributed by atoms with E-state index in [0.717, 1.165) is 32.1 Å². The molecule has 0 heterocycles. The number of aliphatic hydroxyl groups is 2. The van der Waals surface area contributed by atoms with E-state index < -0.39 is 15.9 Å². The highest BCUT2D eigenvalue weighted by Gasteiger charge is 2.62. The lowest BCUT2D eigenvalue weighted by atomic mass is 9.44. The number of carbonyl (C=O) groups is 1. The van der Waals surface area contributed by atoms with Crippen LogP contribution in [0.1, 0.15) is 85.0 Å². The summed E-state index contributed by atoms with van der Waals surface area (Å²) in [5.41, 5.74) is 0.367. The second-order valence-electron chi connectivity index (χ2n) is 12.6. The number of nitrogens with one attached hydrogen (secondary N) is 1. The number of hydrogen-bond donors (Lipinski definition) is 4. The minimum atomic E-state index is -4.06. The number of amides is 1. The molecule has 0 bridgehead atoms. The van der Waals surface area contributed by atoms with Gasteiger partial charge in [0.2, 0.25) is 5.91 Å². The summed E-state index contributed by atoms with van der Waals surface area (Å²) in [5, 5.41) is 24.0. The lowest BCUT2D eigenvalue weighted by molar-refractivity contribution is -0.172. The zero-order chi connectivity index (χ0) is 24.9. The largest absolute Gasteiger partial charge is 0.393 e. The van der Waals surface area contributed by atoms with Gasteiger partial charge in [-0.3, -0.25) is 9.35 Å². The molecule has 8 heteroatoms. The molecule has 4 N–H and O–H groups in total. The second kappa shape index (κ2) is 9.64. The van der Waals surface area contributed by atoms with Crippen LogP contribution in [-0.4, -0.2) is 53.6 Å². The molecule has 4 fully saturated rings. The molecule has 4 rings (SSSR count). The van der Waals surface area contributed by atoms with E-state index in [0.29, 0.717) is 36.0 Å². The predicted octanol–water partition coefficient (Wildman–Crippen LogP) is 3.40. The number of hydrogen-bond acceptors (Lipinski definition) is 5. The van der Waals surface area contributed by atoms with Gasteiger partial charge in [-0.25, -0.2) is 0 Å². The molecule has 0 aromatic rings. The highest BCUT2D eigenvalue weighted by molar-refractivity contribution is 7.85. The van der Waals surface area contributed by atoms with Gasteiger partial charge >= 0.3 is 0 Å². The molecule has 4 aliphatic carbocycles. The number of rotatable bonds is 7. The van der Waals surface area contributed by atoms with Crippen LogP contribution >= 0.6 is 0 Å². The Morgan fingerprint density at radius 2 is 1.68 bits per heavy atom. The molecule has 34 heavy (non-hydrogen) atoms. The molecular weight excluding hydrogens is 454 g/mol. The molecular formula is C26H45NO6S. The van der Waals surface area contributed by atoms with E-state index in [1.54, 1.807) is 0 Å². The quantitative estimate of drug-likeness (QED) is 0.398. The fraction of sp³-hybridized carbons (Fsp3) is 0.962. The number of aliphatic hydroxyl groups excluding tert-OH is 2. The highest BCUT2D eigenvalue weighted by Crippen LogP contribution is 2.68. The summed E-state index contributed by atoms with van der Waals surface area (Å²) in [6.07, 6.45) is 8.84. The van der Waals surface area contributed by atoms with Crippen molar-refractivity contribution in [1.82, 2.24) is 5.32 Å². The van der Waals surface area contributed by atoms with Gasteiger partial charge < -0.3 is 15.5 Å². The maximum absolute atomic E-state index is 12.2. The van der Waals surface area contributed by atoms with Crippen molar-refractivity contribution in [2.75, 3.05) is 12.3 Å². The van der Waals surface area contributed by atoms with Crippen molar-refractivity contribution in [3.8, 4) is 0 Å². The minimum absolute atomic E-state index is 0.0581. The minimum Gasteiger partial charge on any atom is -0.393 e. The van der Waals surface area contributed by atoms with Gasteiger partial charge in [-0.2, -0.15) is 8.42 Å². The van der Waals surface area contributed by atoms with Crippen molar-refractivity contribution < 1.29 is 28.0 Å². The Morgan fingerprint density at radius 1 is 1.00 bits per heavy atom. The highest BCUT2D eigenvalue weighted by atomic mass is 32.2. The topological polar surface area (TPSA) is 124 Å². The van der Waals surface area contributed by atoms with Gasteiger partial charge in [0.05, 0.1) is 18.0 Å². The normalized spacial score (nSPS) is 45.1. The summed E-state index contributed by atoms with van der Waals surface area (Å²) >= 11 is 0. The monoisotopic (exact) mass is 499 g/mol. The lowest BCUT2D eigenvalue weighted by Gasteiger charge is -2.62. The molecule has 0 aromatic heterocycles. The van der Waals surface area contributed by atoms with E-state index in [1.807, 2.05) is 0 Å². The fourth-order valence-electron chi connectivity index (χ4n) is 9.22. The standard InChI is InChI=1S/C26H45NO6S/c1-16(4-7-24(30)27-12-13-34(31,32)33)19-5-6-20-18-15-23(29)22-14-17(28)8-10-26(22,3)21(18)9-11-25(19,20)2/h16-23,28-29H,4-15H2,1-3H3,(H,27,30)(H,31,32,33)/t16?,17-,18?,19?,20?,21?,22?,23+,25-,26-/m1/s1. The van der Waals surface area contributed by atoms with Gasteiger partial charge in [-0.05, 0) is 104 Å². The molecule has 0 saturated heterocycles. The Bertz CT molecular complexity index is 863. The molecule has 0 spiro atoms. The molecule has 0 aromatic carbocycles. The average molecular weight is 500 g/mol. The van der Waals surface area contributed by atoms with Crippen LogP contribution in [0.2, 0.25) is 0 Å². The first-order valence-electron chi connectivity index (χ1n) is 13.4. The Kier molecular flexibility index (Phi) is 7.47. The fourth-order valence-corrected chi connectivity index (χ4v) is 9.58. The summed E-state index contributed by atoms with van der Waals surface area (Å²) in [6.45, 7) is 7.05. The molecule has 4 saturated carbocycles. The van der Waals surface area contributed by atoms with Crippen molar-refractivity contribution in [2.24, 2.45) is 46.3 Å². The van der Waals surface area contributed by atoms with Crippen molar-refractivity contribution >= 4 is 16.0 Å². The van der Waals surface area contributed by atoms with Gasteiger partial charge in [0, 0.05) is 13.0 Å². The molecule has 4 aliphatic rings. The van der Waals surface area contributed by atoms with Gasteiger partial charge in [-0.1, -0.05) is 20.8 Å². The first-order chi connectivity index (χ1) is 15.8. The van der Waals surface area contributed by atoms with Gasteiger partial charge in [0.1, 0.15) is 0 Å². The van der Waals surface area contributed by atoms with E-state index >= 15 is 0 Å². The van der Waals surface area contributed by atoms with E-state index in [4.69, 9.17) is 4.55 Å². The van der Waals surface area contributed by atoms with Crippen molar-refractivity contribution in [3.05, 3.63) is 0 Å². The molecule has 6 unspecified atom stereocenters. The Balaban J connectivity index is 1.38. The molecule has 0 aliphatic heterocycles. The van der Waals surface area contributed by atoms with Crippen LogP contribution in [0, 0.1) is 46.3 Å². The maximum atomic E-state index is 12.2. The summed E-state index contributed by atoms with van der Waals surface area (Å²) in [4.78, 5) is 12.2. The van der Waals surface area contributed by atoms with Gasteiger partial charge in [0.15, 0.2) is 0 Å². The lowest BCUT2D eigenvalue weighted by Crippen LogP contribution is -2.58. The van der Waals surface area contributed by atoms with Crippen LogP contribution in [0.25, 0.3) is 0 Å². The summed E-state index contributed by atoms with van der Waals surface area (Å²) < 4.78 is 30.5. The van der Waals surface area contributed by atoms with Crippen LogP contribution in [0.3, 0.4) is 0 Å².